The topological polar surface area (TPSA) is 99.6 Å². The van der Waals surface area contributed by atoms with Crippen molar-refractivity contribution in [2.24, 2.45) is 0 Å². The van der Waals surface area contributed by atoms with E-state index in [-0.39, 0.29) is 0 Å². The minimum absolute atomic E-state index is 0.342. The first kappa shape index (κ1) is 17.8. The van der Waals surface area contributed by atoms with Gasteiger partial charge in [0.25, 0.3) is 0 Å². The van der Waals surface area contributed by atoms with Crippen molar-refractivity contribution >= 4 is 34.9 Å². The van der Waals surface area contributed by atoms with Gasteiger partial charge in [-0.15, -0.1) is 0 Å². The molecule has 0 saturated heterocycles. The molecule has 3 aromatic rings. The van der Waals surface area contributed by atoms with E-state index in [9.17, 15) is 10.5 Å². The molecule has 0 aromatic heterocycles. The number of anilines is 2. The van der Waals surface area contributed by atoms with Crippen LogP contribution in [0.1, 0.15) is 11.1 Å². The number of hydrogen-bond acceptors (Lipinski definition) is 6. The molecule has 0 unspecified atom stereocenters. The average Bonchev–Trinajstić information content (AvgIpc) is 2.66. The maximum Gasteiger partial charge on any atom is 0.101 e. The summed E-state index contributed by atoms with van der Waals surface area (Å²) in [5.41, 5.74) is 14.1. The van der Waals surface area contributed by atoms with E-state index in [1.165, 1.54) is 23.5 Å². The molecule has 0 amide bonds. The molecule has 126 valence electrons. The minimum atomic E-state index is 0.342. The zero-order valence-electron chi connectivity index (χ0n) is 13.6. The molecular formula is C20H14N4S2. The van der Waals surface area contributed by atoms with Gasteiger partial charge in [-0.3, -0.25) is 0 Å². The Morgan fingerprint density at radius 1 is 0.615 bits per heavy atom. The van der Waals surface area contributed by atoms with Gasteiger partial charge in [0, 0.05) is 31.0 Å². The van der Waals surface area contributed by atoms with Gasteiger partial charge in [-0.05, 0) is 36.4 Å². The second kappa shape index (κ2) is 7.88. The highest BCUT2D eigenvalue weighted by Crippen LogP contribution is 2.42. The Bertz CT molecular complexity index is 964. The average molecular weight is 374 g/mol. The highest BCUT2D eigenvalue weighted by atomic mass is 32.2. The lowest BCUT2D eigenvalue weighted by Crippen LogP contribution is -1.92. The van der Waals surface area contributed by atoms with Crippen LogP contribution in [0.4, 0.5) is 11.4 Å². The first-order valence-electron chi connectivity index (χ1n) is 7.65. The lowest BCUT2D eigenvalue weighted by atomic mass is 10.1. The van der Waals surface area contributed by atoms with Crippen LogP contribution in [0.25, 0.3) is 0 Å². The zero-order valence-corrected chi connectivity index (χ0v) is 15.3. The van der Waals surface area contributed by atoms with Crippen LogP contribution in [0.2, 0.25) is 0 Å². The molecule has 0 aliphatic heterocycles. The molecule has 4 nitrogen and oxygen atoms in total. The number of hydrogen-bond donors (Lipinski definition) is 2. The van der Waals surface area contributed by atoms with Gasteiger partial charge in [0.05, 0.1) is 11.1 Å². The molecule has 0 atom stereocenters. The highest BCUT2D eigenvalue weighted by molar-refractivity contribution is 8.02. The molecule has 3 aromatic carbocycles. The summed E-state index contributed by atoms with van der Waals surface area (Å²) < 4.78 is 0. The number of rotatable bonds is 4. The highest BCUT2D eigenvalue weighted by Gasteiger charge is 2.14. The van der Waals surface area contributed by atoms with E-state index in [0.717, 1.165) is 19.6 Å². The van der Waals surface area contributed by atoms with Gasteiger partial charge in [-0.2, -0.15) is 10.5 Å². The van der Waals surface area contributed by atoms with Gasteiger partial charge >= 0.3 is 0 Å². The third-order valence-corrected chi connectivity index (χ3v) is 6.03. The smallest absolute Gasteiger partial charge is 0.101 e. The zero-order chi connectivity index (χ0) is 18.5. The molecule has 0 fully saturated rings. The summed E-state index contributed by atoms with van der Waals surface area (Å²) in [6.45, 7) is 0. The molecular weight excluding hydrogens is 360 g/mol. The molecule has 0 aliphatic carbocycles. The summed E-state index contributed by atoms with van der Waals surface area (Å²) in [5, 5.41) is 18.7. The number of nitrogens with two attached hydrogens (primary N) is 2. The molecule has 26 heavy (non-hydrogen) atoms. The van der Waals surface area contributed by atoms with E-state index in [4.69, 9.17) is 11.5 Å². The van der Waals surface area contributed by atoms with Crippen LogP contribution in [-0.4, -0.2) is 0 Å². The van der Waals surface area contributed by atoms with E-state index >= 15 is 0 Å². The van der Waals surface area contributed by atoms with Gasteiger partial charge < -0.3 is 11.5 Å². The quantitative estimate of drug-likeness (QED) is 0.630. The number of nitrogen functional groups attached to an aromatic ring is 2. The Morgan fingerprint density at radius 3 is 1.35 bits per heavy atom. The van der Waals surface area contributed by atoms with E-state index in [1.807, 2.05) is 48.5 Å². The van der Waals surface area contributed by atoms with Crippen molar-refractivity contribution in [3.05, 3.63) is 71.8 Å². The molecule has 3 rings (SSSR count). The van der Waals surface area contributed by atoms with Crippen LogP contribution >= 0.6 is 23.5 Å². The normalized spacial score (nSPS) is 10.1. The Labute approximate surface area is 160 Å². The van der Waals surface area contributed by atoms with Gasteiger partial charge in [-0.25, -0.2) is 0 Å². The number of para-hydroxylation sites is 2. The van der Waals surface area contributed by atoms with Crippen LogP contribution in [0, 0.1) is 22.7 Å². The van der Waals surface area contributed by atoms with Crippen LogP contribution in [0.15, 0.2) is 80.2 Å². The maximum atomic E-state index is 9.36. The van der Waals surface area contributed by atoms with Gasteiger partial charge in [0.15, 0.2) is 0 Å². The Morgan fingerprint density at radius 2 is 1.00 bits per heavy atom. The van der Waals surface area contributed by atoms with E-state index < -0.39 is 0 Å². The van der Waals surface area contributed by atoms with Crippen molar-refractivity contribution in [3.8, 4) is 12.1 Å². The second-order valence-electron chi connectivity index (χ2n) is 5.35. The van der Waals surface area contributed by atoms with Crippen LogP contribution in [0.3, 0.4) is 0 Å². The van der Waals surface area contributed by atoms with Crippen molar-refractivity contribution in [1.82, 2.24) is 0 Å². The summed E-state index contributed by atoms with van der Waals surface area (Å²) in [5.74, 6) is 0. The summed E-state index contributed by atoms with van der Waals surface area (Å²) in [4.78, 5) is 3.49. The van der Waals surface area contributed by atoms with Crippen molar-refractivity contribution in [3.63, 3.8) is 0 Å². The largest absolute Gasteiger partial charge is 0.398 e. The van der Waals surface area contributed by atoms with Crippen molar-refractivity contribution < 1.29 is 0 Å². The third-order valence-electron chi connectivity index (χ3n) is 3.60. The fourth-order valence-electron chi connectivity index (χ4n) is 2.29. The minimum Gasteiger partial charge on any atom is -0.398 e. The summed E-state index contributed by atoms with van der Waals surface area (Å²) >= 11 is 2.93. The summed E-state index contributed by atoms with van der Waals surface area (Å²) in [6.07, 6.45) is 0. The standard InChI is InChI=1S/C20H14N4S2/c21-11-13-9-19(25-17-7-3-1-5-15(17)23)20(10-14(13)12-22)26-18-8-4-2-6-16(18)24/h1-10H,23-24H2. The molecule has 0 saturated carbocycles. The first-order chi connectivity index (χ1) is 12.6. The van der Waals surface area contributed by atoms with Crippen molar-refractivity contribution in [2.45, 2.75) is 19.6 Å². The third kappa shape index (κ3) is 3.78. The predicted molar refractivity (Wildman–Crippen MR) is 106 cm³/mol. The summed E-state index contributed by atoms with van der Waals surface area (Å²) in [6, 6.07) is 22.7. The monoisotopic (exact) mass is 374 g/mol. The Hall–Kier alpha value is -3.06. The fourth-order valence-corrected chi connectivity index (χ4v) is 4.35. The molecule has 4 N–H and O–H groups in total. The molecule has 0 radical (unpaired) electrons. The summed E-state index contributed by atoms with van der Waals surface area (Å²) in [7, 11) is 0. The number of nitrogens with zero attached hydrogens (tertiary/aromatic N) is 2. The molecule has 6 heteroatoms. The van der Waals surface area contributed by atoms with E-state index in [1.54, 1.807) is 12.1 Å². The van der Waals surface area contributed by atoms with Crippen LogP contribution < -0.4 is 11.5 Å². The lowest BCUT2D eigenvalue weighted by Gasteiger charge is -2.13. The van der Waals surface area contributed by atoms with Crippen LogP contribution in [-0.2, 0) is 0 Å². The predicted octanol–water partition coefficient (Wildman–Crippen LogP) is 4.90. The molecule has 0 heterocycles. The molecule has 0 spiro atoms. The molecule has 0 aliphatic rings. The van der Waals surface area contributed by atoms with E-state index in [2.05, 4.69) is 12.1 Å². The Kier molecular flexibility index (Phi) is 5.38. The van der Waals surface area contributed by atoms with Gasteiger partial charge in [-0.1, -0.05) is 47.8 Å². The van der Waals surface area contributed by atoms with Gasteiger partial charge in [0.1, 0.15) is 12.1 Å². The molecule has 0 bridgehead atoms. The number of benzene rings is 3. The maximum absolute atomic E-state index is 9.36. The second-order valence-corrected chi connectivity index (χ2v) is 7.52. The lowest BCUT2D eigenvalue weighted by molar-refractivity contribution is 1.21. The Balaban J connectivity index is 2.09. The SMILES string of the molecule is N#Cc1cc(Sc2ccccc2N)c(Sc2ccccc2N)cc1C#N. The van der Waals surface area contributed by atoms with Crippen molar-refractivity contribution in [1.29, 1.82) is 10.5 Å². The first-order valence-corrected chi connectivity index (χ1v) is 9.28. The van der Waals surface area contributed by atoms with Crippen molar-refractivity contribution in [2.75, 3.05) is 11.5 Å². The number of nitriles is 2. The van der Waals surface area contributed by atoms with Crippen LogP contribution in [0.5, 0.6) is 0 Å². The fraction of sp³-hybridized carbons (Fsp3) is 0. The van der Waals surface area contributed by atoms with E-state index in [0.29, 0.717) is 22.5 Å². The van der Waals surface area contributed by atoms with Gasteiger partial charge in [0.2, 0.25) is 0 Å².